The van der Waals surface area contributed by atoms with Crippen molar-refractivity contribution < 1.29 is 4.79 Å². The normalized spacial score (nSPS) is 10.7. The molecule has 2 aromatic heterocycles. The second kappa shape index (κ2) is 7.21. The molecule has 10 heteroatoms. The monoisotopic (exact) mass is 418 g/mol. The van der Waals surface area contributed by atoms with Crippen LogP contribution in [0.25, 0.3) is 11.4 Å². The molecule has 0 atom stereocenters. The first-order valence-electron chi connectivity index (χ1n) is 6.38. The Balaban J connectivity index is 1.85. The molecule has 0 aliphatic rings. The summed E-state index contributed by atoms with van der Waals surface area (Å²) in [5.74, 6) is -0.113. The zero-order valence-corrected chi connectivity index (χ0v) is 15.4. The molecule has 1 amide bonds. The number of rotatable bonds is 3. The number of nitrogens with one attached hydrogen (secondary N) is 1. The standard InChI is InChI=1S/C14H6Cl4N4OS/c15-7-8(16)10(19-11(18)9(7)17)13(23)21-14-20-12(22-24-14)6-4-2-1-3-5-6/h1-5H,(H,20,21,22,23). The molecule has 0 bridgehead atoms. The first-order valence-corrected chi connectivity index (χ1v) is 8.66. The third-order valence-electron chi connectivity index (χ3n) is 2.88. The number of carbonyl (C=O) groups is 1. The Kier molecular flexibility index (Phi) is 5.22. The summed E-state index contributed by atoms with van der Waals surface area (Å²) in [4.78, 5) is 20.4. The number of halogens is 4. The maximum Gasteiger partial charge on any atom is 0.277 e. The number of amides is 1. The molecule has 0 saturated carbocycles. The fourth-order valence-electron chi connectivity index (χ4n) is 1.77. The molecule has 0 aliphatic heterocycles. The molecule has 1 N–H and O–H groups in total. The van der Waals surface area contributed by atoms with Crippen molar-refractivity contribution in [3.05, 3.63) is 56.2 Å². The fraction of sp³-hybridized carbons (Fsp3) is 0. The van der Waals surface area contributed by atoms with Gasteiger partial charge in [0.2, 0.25) is 5.13 Å². The number of benzene rings is 1. The van der Waals surface area contributed by atoms with Crippen LogP contribution >= 0.6 is 57.9 Å². The van der Waals surface area contributed by atoms with E-state index >= 15 is 0 Å². The second-order valence-electron chi connectivity index (χ2n) is 4.44. The smallest absolute Gasteiger partial charge is 0.277 e. The summed E-state index contributed by atoms with van der Waals surface area (Å²) in [5, 5.41) is 2.60. The van der Waals surface area contributed by atoms with Crippen molar-refractivity contribution in [2.24, 2.45) is 0 Å². The first kappa shape index (κ1) is 17.4. The number of hydrogen-bond donors (Lipinski definition) is 1. The van der Waals surface area contributed by atoms with Gasteiger partial charge in [-0.05, 0) is 0 Å². The topological polar surface area (TPSA) is 67.8 Å². The Hall–Kier alpha value is -1.44. The van der Waals surface area contributed by atoms with Crippen LogP contribution in [0.4, 0.5) is 5.13 Å². The maximum atomic E-state index is 12.3. The van der Waals surface area contributed by atoms with Crippen LogP contribution in [-0.2, 0) is 0 Å². The third-order valence-corrected chi connectivity index (χ3v) is 5.19. The molecule has 0 radical (unpaired) electrons. The summed E-state index contributed by atoms with van der Waals surface area (Å²) < 4.78 is 4.19. The van der Waals surface area contributed by atoms with E-state index in [1.54, 1.807) is 0 Å². The molecular formula is C14H6Cl4N4OS. The molecule has 122 valence electrons. The van der Waals surface area contributed by atoms with Crippen molar-refractivity contribution in [3.8, 4) is 11.4 Å². The number of carbonyl (C=O) groups excluding carboxylic acids is 1. The van der Waals surface area contributed by atoms with Gasteiger partial charge in [-0.2, -0.15) is 9.36 Å². The molecule has 1 aromatic carbocycles. The van der Waals surface area contributed by atoms with E-state index in [4.69, 9.17) is 46.4 Å². The van der Waals surface area contributed by atoms with Crippen molar-refractivity contribution in [1.82, 2.24) is 14.3 Å². The predicted octanol–water partition coefficient (Wildman–Crippen LogP) is 5.47. The molecule has 2 heterocycles. The molecule has 0 fully saturated rings. The van der Waals surface area contributed by atoms with Crippen molar-refractivity contribution in [2.75, 3.05) is 5.32 Å². The van der Waals surface area contributed by atoms with Crippen molar-refractivity contribution in [1.29, 1.82) is 0 Å². The van der Waals surface area contributed by atoms with Crippen LogP contribution in [0.1, 0.15) is 10.5 Å². The highest BCUT2D eigenvalue weighted by atomic mass is 35.5. The minimum Gasteiger partial charge on any atom is -0.295 e. The third kappa shape index (κ3) is 3.48. The van der Waals surface area contributed by atoms with Crippen molar-refractivity contribution in [3.63, 3.8) is 0 Å². The van der Waals surface area contributed by atoms with E-state index in [-0.39, 0.29) is 25.9 Å². The molecule has 3 aromatic rings. The number of nitrogens with zero attached hydrogens (tertiary/aromatic N) is 3. The van der Waals surface area contributed by atoms with Crippen LogP contribution in [-0.4, -0.2) is 20.2 Å². The van der Waals surface area contributed by atoms with Gasteiger partial charge in [0.15, 0.2) is 11.5 Å². The summed E-state index contributed by atoms with van der Waals surface area (Å²) in [6.45, 7) is 0. The molecule has 3 rings (SSSR count). The molecule has 0 spiro atoms. The van der Waals surface area contributed by atoms with Gasteiger partial charge in [-0.3, -0.25) is 10.1 Å². The zero-order chi connectivity index (χ0) is 17.3. The lowest BCUT2D eigenvalue weighted by molar-refractivity contribution is 0.102. The molecule has 0 saturated heterocycles. The van der Waals surface area contributed by atoms with E-state index in [9.17, 15) is 4.79 Å². The predicted molar refractivity (Wildman–Crippen MR) is 97.6 cm³/mol. The lowest BCUT2D eigenvalue weighted by atomic mass is 10.2. The van der Waals surface area contributed by atoms with E-state index < -0.39 is 5.91 Å². The van der Waals surface area contributed by atoms with Gasteiger partial charge in [-0.1, -0.05) is 76.7 Å². The van der Waals surface area contributed by atoms with Gasteiger partial charge in [0.1, 0.15) is 5.15 Å². The maximum absolute atomic E-state index is 12.3. The molecule has 24 heavy (non-hydrogen) atoms. The summed E-state index contributed by atoms with van der Waals surface area (Å²) in [7, 11) is 0. The Labute approximate surface area is 160 Å². The SMILES string of the molecule is O=C(Nc1nc(-c2ccccc2)ns1)c1nc(Cl)c(Cl)c(Cl)c1Cl. The second-order valence-corrected chi connectivity index (χ2v) is 6.68. The number of pyridine rings is 1. The van der Waals surface area contributed by atoms with Gasteiger partial charge in [-0.25, -0.2) is 4.98 Å². The first-order chi connectivity index (χ1) is 11.5. The van der Waals surface area contributed by atoms with Crippen LogP contribution in [0.3, 0.4) is 0 Å². The highest BCUT2D eigenvalue weighted by molar-refractivity contribution is 7.10. The molecule has 0 aliphatic carbocycles. The average Bonchev–Trinajstić information content (AvgIpc) is 3.05. The fourth-order valence-corrected chi connectivity index (χ4v) is 3.17. The van der Waals surface area contributed by atoms with E-state index in [1.807, 2.05) is 30.3 Å². The van der Waals surface area contributed by atoms with Crippen molar-refractivity contribution in [2.45, 2.75) is 0 Å². The van der Waals surface area contributed by atoms with E-state index in [2.05, 4.69) is 19.7 Å². The van der Waals surface area contributed by atoms with Gasteiger partial charge in [0.25, 0.3) is 5.91 Å². The summed E-state index contributed by atoms with van der Waals surface area (Å²) >= 11 is 24.6. The highest BCUT2D eigenvalue weighted by Gasteiger charge is 2.21. The zero-order valence-electron chi connectivity index (χ0n) is 11.6. The summed E-state index contributed by atoms with van der Waals surface area (Å²) in [6.07, 6.45) is 0. The lowest BCUT2D eigenvalue weighted by Crippen LogP contribution is -2.14. The number of anilines is 1. The summed E-state index contributed by atoms with van der Waals surface area (Å²) in [5.41, 5.74) is 0.690. The van der Waals surface area contributed by atoms with Gasteiger partial charge >= 0.3 is 0 Å². The molecular weight excluding hydrogens is 414 g/mol. The van der Waals surface area contributed by atoms with E-state index in [1.165, 1.54) is 0 Å². The van der Waals surface area contributed by atoms with Crippen LogP contribution in [0, 0.1) is 0 Å². The number of hydrogen-bond acceptors (Lipinski definition) is 5. The summed E-state index contributed by atoms with van der Waals surface area (Å²) in [6, 6.07) is 9.36. The lowest BCUT2D eigenvalue weighted by Gasteiger charge is -2.07. The van der Waals surface area contributed by atoms with Crippen LogP contribution in [0.15, 0.2) is 30.3 Å². The molecule has 5 nitrogen and oxygen atoms in total. The van der Waals surface area contributed by atoms with Gasteiger partial charge in [-0.15, -0.1) is 0 Å². The Bertz CT molecular complexity index is 917. The van der Waals surface area contributed by atoms with Crippen LogP contribution < -0.4 is 5.32 Å². The Morgan fingerprint density at radius 1 is 0.958 bits per heavy atom. The largest absolute Gasteiger partial charge is 0.295 e. The van der Waals surface area contributed by atoms with Gasteiger partial charge in [0, 0.05) is 17.1 Å². The minimum absolute atomic E-state index is 0.0119. The van der Waals surface area contributed by atoms with E-state index in [0.29, 0.717) is 11.0 Å². The number of aromatic nitrogens is 3. The Morgan fingerprint density at radius 2 is 1.67 bits per heavy atom. The average molecular weight is 420 g/mol. The minimum atomic E-state index is -0.615. The molecule has 0 unspecified atom stereocenters. The van der Waals surface area contributed by atoms with Crippen LogP contribution in [0.2, 0.25) is 20.2 Å². The van der Waals surface area contributed by atoms with Crippen LogP contribution in [0.5, 0.6) is 0 Å². The highest BCUT2D eigenvalue weighted by Crippen LogP contribution is 2.36. The van der Waals surface area contributed by atoms with Gasteiger partial charge in [0.05, 0.1) is 15.1 Å². The Morgan fingerprint density at radius 3 is 2.38 bits per heavy atom. The van der Waals surface area contributed by atoms with Gasteiger partial charge < -0.3 is 0 Å². The quantitative estimate of drug-likeness (QED) is 0.571. The van der Waals surface area contributed by atoms with E-state index in [0.717, 1.165) is 17.1 Å². The van der Waals surface area contributed by atoms with Crippen molar-refractivity contribution >= 4 is 69.0 Å².